The van der Waals surface area contributed by atoms with E-state index in [4.69, 9.17) is 9.47 Å². The number of benzene rings is 2. The molecular weight excluding hydrogens is 378 g/mol. The van der Waals surface area contributed by atoms with E-state index in [9.17, 15) is 4.79 Å². The van der Waals surface area contributed by atoms with Gasteiger partial charge in [-0.25, -0.2) is 0 Å². The first-order chi connectivity index (χ1) is 14.7. The van der Waals surface area contributed by atoms with Crippen LogP contribution in [0.1, 0.15) is 31.2 Å². The lowest BCUT2D eigenvalue weighted by atomic mass is 10.1. The molecule has 0 aliphatic carbocycles. The third-order valence-corrected chi connectivity index (χ3v) is 5.45. The lowest BCUT2D eigenvalue weighted by Gasteiger charge is -2.25. The molecule has 0 aromatic heterocycles. The van der Waals surface area contributed by atoms with Crippen molar-refractivity contribution in [2.75, 3.05) is 50.6 Å². The number of para-hydroxylation sites is 2. The van der Waals surface area contributed by atoms with Crippen LogP contribution in [0, 0.1) is 0 Å². The summed E-state index contributed by atoms with van der Waals surface area (Å²) < 4.78 is 10.6. The number of anilines is 2. The minimum atomic E-state index is -0.0235. The number of methoxy groups -OCH3 is 2. The normalized spacial score (nSPS) is 14.1. The number of amides is 1. The second-order valence-corrected chi connectivity index (χ2v) is 7.58. The van der Waals surface area contributed by atoms with Crippen molar-refractivity contribution < 1.29 is 14.3 Å². The van der Waals surface area contributed by atoms with Gasteiger partial charge in [-0.1, -0.05) is 31.0 Å². The molecule has 0 spiro atoms. The molecule has 30 heavy (non-hydrogen) atoms. The van der Waals surface area contributed by atoms with Gasteiger partial charge in [0.2, 0.25) is 5.91 Å². The van der Waals surface area contributed by atoms with Crippen molar-refractivity contribution in [3.63, 3.8) is 0 Å². The van der Waals surface area contributed by atoms with Crippen LogP contribution in [0.15, 0.2) is 42.5 Å². The number of hydrogen-bond donors (Lipinski definition) is 2. The summed E-state index contributed by atoms with van der Waals surface area (Å²) in [4.78, 5) is 14.9. The summed E-state index contributed by atoms with van der Waals surface area (Å²) in [6.07, 6.45) is 5.79. The zero-order chi connectivity index (χ0) is 21.2. The second-order valence-electron chi connectivity index (χ2n) is 7.58. The zero-order valence-electron chi connectivity index (χ0n) is 18.1. The zero-order valence-corrected chi connectivity index (χ0v) is 18.1. The summed E-state index contributed by atoms with van der Waals surface area (Å²) in [6.45, 7) is 3.09. The summed E-state index contributed by atoms with van der Waals surface area (Å²) in [7, 11) is 3.26. The third-order valence-electron chi connectivity index (χ3n) is 5.45. The Morgan fingerprint density at radius 1 is 0.967 bits per heavy atom. The predicted octanol–water partition coefficient (Wildman–Crippen LogP) is 3.86. The molecule has 1 aliphatic heterocycles. The molecule has 0 bridgehead atoms. The Kier molecular flexibility index (Phi) is 8.39. The number of rotatable bonds is 9. The highest BCUT2D eigenvalue weighted by Gasteiger charge is 2.14. The highest BCUT2D eigenvalue weighted by molar-refractivity contribution is 5.95. The minimum absolute atomic E-state index is 0.0235. The number of nitrogens with one attached hydrogen (secondary N) is 2. The van der Waals surface area contributed by atoms with E-state index in [0.717, 1.165) is 47.9 Å². The van der Waals surface area contributed by atoms with Gasteiger partial charge < -0.3 is 25.0 Å². The van der Waals surface area contributed by atoms with Crippen LogP contribution in [0.2, 0.25) is 0 Å². The van der Waals surface area contributed by atoms with Gasteiger partial charge in [0.15, 0.2) is 11.5 Å². The van der Waals surface area contributed by atoms with Gasteiger partial charge in [-0.2, -0.15) is 0 Å². The molecular formula is C24H33N3O3. The molecule has 0 saturated carbocycles. The molecule has 1 aliphatic rings. The van der Waals surface area contributed by atoms with Gasteiger partial charge in [0.1, 0.15) is 0 Å². The van der Waals surface area contributed by atoms with Crippen molar-refractivity contribution >= 4 is 17.3 Å². The summed E-state index contributed by atoms with van der Waals surface area (Å²) in [5.74, 6) is 1.42. The minimum Gasteiger partial charge on any atom is -0.493 e. The Bertz CT molecular complexity index is 817. The van der Waals surface area contributed by atoms with Crippen LogP contribution in [0.25, 0.3) is 0 Å². The van der Waals surface area contributed by atoms with E-state index in [0.29, 0.717) is 6.54 Å². The largest absolute Gasteiger partial charge is 0.493 e. The van der Waals surface area contributed by atoms with E-state index in [2.05, 4.69) is 21.6 Å². The smallest absolute Gasteiger partial charge is 0.238 e. The lowest BCUT2D eigenvalue weighted by Crippen LogP contribution is -2.31. The SMILES string of the molecule is COc1ccc(CCNCC(=O)Nc2ccccc2N2CCCCCC2)cc1OC. The van der Waals surface area contributed by atoms with Crippen LogP contribution in [-0.4, -0.2) is 46.3 Å². The number of carbonyl (C=O) groups excluding carboxylic acids is 1. The van der Waals surface area contributed by atoms with E-state index in [1.807, 2.05) is 36.4 Å². The van der Waals surface area contributed by atoms with E-state index in [-0.39, 0.29) is 12.5 Å². The Balaban J connectivity index is 1.48. The highest BCUT2D eigenvalue weighted by atomic mass is 16.5. The van der Waals surface area contributed by atoms with Gasteiger partial charge in [0.25, 0.3) is 0 Å². The molecule has 2 aromatic carbocycles. The van der Waals surface area contributed by atoms with Gasteiger partial charge in [-0.3, -0.25) is 4.79 Å². The maximum Gasteiger partial charge on any atom is 0.238 e. The molecule has 0 atom stereocenters. The van der Waals surface area contributed by atoms with Gasteiger partial charge in [0.05, 0.1) is 32.1 Å². The molecule has 3 rings (SSSR count). The lowest BCUT2D eigenvalue weighted by molar-refractivity contribution is -0.115. The number of nitrogens with zero attached hydrogens (tertiary/aromatic N) is 1. The van der Waals surface area contributed by atoms with Crippen molar-refractivity contribution in [1.29, 1.82) is 0 Å². The first kappa shape index (κ1) is 22.0. The third kappa shape index (κ3) is 6.13. The fourth-order valence-corrected chi connectivity index (χ4v) is 3.83. The number of ether oxygens (including phenoxy) is 2. The van der Waals surface area contributed by atoms with Crippen LogP contribution in [0.5, 0.6) is 11.5 Å². The van der Waals surface area contributed by atoms with Crippen LogP contribution >= 0.6 is 0 Å². The average Bonchev–Trinajstić information content (AvgIpc) is 3.06. The maximum absolute atomic E-state index is 12.5. The molecule has 2 aromatic rings. The van der Waals surface area contributed by atoms with E-state index in [1.54, 1.807) is 14.2 Å². The Morgan fingerprint density at radius 3 is 2.43 bits per heavy atom. The molecule has 1 heterocycles. The first-order valence-corrected chi connectivity index (χ1v) is 10.8. The molecule has 1 amide bonds. The molecule has 1 saturated heterocycles. The Morgan fingerprint density at radius 2 is 1.70 bits per heavy atom. The quantitative estimate of drug-likeness (QED) is 0.614. The van der Waals surface area contributed by atoms with Gasteiger partial charge in [-0.05, 0) is 55.6 Å². The van der Waals surface area contributed by atoms with Crippen molar-refractivity contribution in [3.8, 4) is 11.5 Å². The van der Waals surface area contributed by atoms with Crippen molar-refractivity contribution in [2.45, 2.75) is 32.1 Å². The van der Waals surface area contributed by atoms with Gasteiger partial charge >= 0.3 is 0 Å². The van der Waals surface area contributed by atoms with Crippen LogP contribution in [0.3, 0.4) is 0 Å². The molecule has 6 nitrogen and oxygen atoms in total. The molecule has 1 fully saturated rings. The number of carbonyl (C=O) groups is 1. The molecule has 162 valence electrons. The summed E-state index contributed by atoms with van der Waals surface area (Å²) >= 11 is 0. The fourth-order valence-electron chi connectivity index (χ4n) is 3.83. The van der Waals surface area contributed by atoms with Crippen LogP contribution in [0.4, 0.5) is 11.4 Å². The standard InChI is InChI=1S/C24H33N3O3/c1-29-22-12-11-19(17-23(22)30-2)13-14-25-18-24(28)26-20-9-5-6-10-21(20)27-15-7-3-4-8-16-27/h5-6,9-12,17,25H,3-4,7-8,13-16,18H2,1-2H3,(H,26,28). The molecule has 0 radical (unpaired) electrons. The Labute approximate surface area is 179 Å². The predicted molar refractivity (Wildman–Crippen MR) is 122 cm³/mol. The highest BCUT2D eigenvalue weighted by Crippen LogP contribution is 2.28. The molecule has 0 unspecified atom stereocenters. The maximum atomic E-state index is 12.5. The van der Waals surface area contributed by atoms with E-state index in [1.165, 1.54) is 25.7 Å². The first-order valence-electron chi connectivity index (χ1n) is 10.8. The van der Waals surface area contributed by atoms with E-state index >= 15 is 0 Å². The summed E-state index contributed by atoms with van der Waals surface area (Å²) in [5.41, 5.74) is 3.15. The van der Waals surface area contributed by atoms with Gasteiger partial charge in [0, 0.05) is 13.1 Å². The van der Waals surface area contributed by atoms with Gasteiger partial charge in [-0.15, -0.1) is 0 Å². The van der Waals surface area contributed by atoms with Crippen molar-refractivity contribution in [2.24, 2.45) is 0 Å². The number of hydrogen-bond acceptors (Lipinski definition) is 5. The Hall–Kier alpha value is -2.73. The van der Waals surface area contributed by atoms with Crippen LogP contribution in [-0.2, 0) is 11.2 Å². The summed E-state index contributed by atoms with van der Waals surface area (Å²) in [6, 6.07) is 14.0. The summed E-state index contributed by atoms with van der Waals surface area (Å²) in [5, 5.41) is 6.31. The van der Waals surface area contributed by atoms with Crippen LogP contribution < -0.4 is 25.0 Å². The average molecular weight is 412 g/mol. The van der Waals surface area contributed by atoms with Crippen molar-refractivity contribution in [1.82, 2.24) is 5.32 Å². The monoisotopic (exact) mass is 411 g/mol. The fraction of sp³-hybridized carbons (Fsp3) is 0.458. The van der Waals surface area contributed by atoms with E-state index < -0.39 is 0 Å². The molecule has 2 N–H and O–H groups in total. The topological polar surface area (TPSA) is 62.8 Å². The second kappa shape index (κ2) is 11.5. The molecule has 6 heteroatoms. The van der Waals surface area contributed by atoms with Crippen molar-refractivity contribution in [3.05, 3.63) is 48.0 Å².